The van der Waals surface area contributed by atoms with Crippen molar-refractivity contribution in [3.63, 3.8) is 0 Å². The zero-order chi connectivity index (χ0) is 16.1. The molecule has 0 N–H and O–H groups in total. The van der Waals surface area contributed by atoms with Gasteiger partial charge in [0.2, 0.25) is 0 Å². The van der Waals surface area contributed by atoms with E-state index in [0.717, 1.165) is 17.4 Å². The topological polar surface area (TPSA) is 4.93 Å². The Labute approximate surface area is 147 Å². The van der Waals surface area contributed by atoms with Gasteiger partial charge in [-0.15, -0.1) is 0 Å². The van der Waals surface area contributed by atoms with E-state index in [1.54, 1.807) is 0 Å². The lowest BCUT2D eigenvalue weighted by molar-refractivity contribution is 0.583. The van der Waals surface area contributed by atoms with Crippen LogP contribution < -0.4 is 0 Å². The van der Waals surface area contributed by atoms with E-state index < -0.39 is 0 Å². The largest absolute Gasteiger partial charge is 0.344 e. The van der Waals surface area contributed by atoms with E-state index in [1.165, 1.54) is 47.8 Å². The van der Waals surface area contributed by atoms with Gasteiger partial charge in [0.15, 0.2) is 0 Å². The molecule has 0 unspecified atom stereocenters. The molecule has 1 heterocycles. The summed E-state index contributed by atoms with van der Waals surface area (Å²) < 4.78 is 3.66. The molecule has 2 aromatic carbocycles. The van der Waals surface area contributed by atoms with Crippen LogP contribution in [0.2, 0.25) is 0 Å². The highest BCUT2D eigenvalue weighted by Crippen LogP contribution is 2.23. The van der Waals surface area contributed by atoms with E-state index >= 15 is 0 Å². The van der Waals surface area contributed by atoms with E-state index in [-0.39, 0.29) is 0 Å². The highest BCUT2D eigenvalue weighted by Gasteiger charge is 2.09. The zero-order valence-corrected chi connectivity index (χ0v) is 15.3. The molecular formula is C21H24BrN. The number of aryl methyl sites for hydroxylation is 1. The molecule has 0 aliphatic carbocycles. The lowest BCUT2D eigenvalue weighted by atomic mass is 10.1. The highest BCUT2D eigenvalue weighted by atomic mass is 79.9. The molecule has 0 radical (unpaired) electrons. The first-order valence-corrected chi connectivity index (χ1v) is 9.39. The van der Waals surface area contributed by atoms with E-state index in [4.69, 9.17) is 0 Å². The fraction of sp³-hybridized carbons (Fsp3) is 0.333. The standard InChI is InChI=1S/C21H24BrN/c1-2-3-4-7-14-23-20(15-17-10-12-19(22)13-11-17)16-18-8-5-6-9-21(18)23/h5-6,8-13,16H,2-4,7,14-15H2,1H3. The Morgan fingerprint density at radius 1 is 0.913 bits per heavy atom. The van der Waals surface area contributed by atoms with Gasteiger partial charge in [-0.1, -0.05) is 72.4 Å². The number of unbranched alkanes of at least 4 members (excludes halogenated alkanes) is 3. The molecule has 0 amide bonds. The van der Waals surface area contributed by atoms with E-state index in [1.807, 2.05) is 0 Å². The molecule has 0 fully saturated rings. The van der Waals surface area contributed by atoms with Crippen molar-refractivity contribution in [3.8, 4) is 0 Å². The van der Waals surface area contributed by atoms with Gasteiger partial charge in [-0.2, -0.15) is 0 Å². The SMILES string of the molecule is CCCCCCn1c(Cc2ccc(Br)cc2)cc2ccccc21. The molecule has 120 valence electrons. The summed E-state index contributed by atoms with van der Waals surface area (Å²) in [5.74, 6) is 0. The summed E-state index contributed by atoms with van der Waals surface area (Å²) in [6, 6.07) is 19.8. The van der Waals surface area contributed by atoms with Crippen molar-refractivity contribution in [2.75, 3.05) is 0 Å². The van der Waals surface area contributed by atoms with Crippen LogP contribution in [-0.4, -0.2) is 4.57 Å². The number of hydrogen-bond donors (Lipinski definition) is 0. The first kappa shape index (κ1) is 16.3. The Hall–Kier alpha value is -1.54. The molecule has 0 spiro atoms. The third kappa shape index (κ3) is 4.06. The van der Waals surface area contributed by atoms with Gasteiger partial charge in [-0.3, -0.25) is 0 Å². The smallest absolute Gasteiger partial charge is 0.0482 e. The van der Waals surface area contributed by atoms with Gasteiger partial charge in [-0.25, -0.2) is 0 Å². The second-order valence-electron chi connectivity index (χ2n) is 6.21. The lowest BCUT2D eigenvalue weighted by Gasteiger charge is -2.11. The second kappa shape index (κ2) is 7.83. The summed E-state index contributed by atoms with van der Waals surface area (Å²) in [6.45, 7) is 3.39. The molecule has 2 heteroatoms. The summed E-state index contributed by atoms with van der Waals surface area (Å²) in [4.78, 5) is 0. The van der Waals surface area contributed by atoms with Crippen LogP contribution in [0.15, 0.2) is 59.1 Å². The van der Waals surface area contributed by atoms with Crippen molar-refractivity contribution in [1.82, 2.24) is 4.57 Å². The maximum atomic E-state index is 3.52. The fourth-order valence-corrected chi connectivity index (χ4v) is 3.45. The Kier molecular flexibility index (Phi) is 5.56. The van der Waals surface area contributed by atoms with E-state index in [9.17, 15) is 0 Å². The summed E-state index contributed by atoms with van der Waals surface area (Å²) >= 11 is 3.52. The Bertz CT molecular complexity index is 755. The molecule has 0 aliphatic rings. The van der Waals surface area contributed by atoms with Crippen molar-refractivity contribution in [1.29, 1.82) is 0 Å². The number of aromatic nitrogens is 1. The summed E-state index contributed by atoms with van der Waals surface area (Å²) in [7, 11) is 0. The Balaban J connectivity index is 1.86. The minimum atomic E-state index is 0.996. The molecular weight excluding hydrogens is 346 g/mol. The predicted molar refractivity (Wildman–Crippen MR) is 103 cm³/mol. The average molecular weight is 370 g/mol. The van der Waals surface area contributed by atoms with Gasteiger partial charge < -0.3 is 4.57 Å². The van der Waals surface area contributed by atoms with Crippen LogP contribution in [0.25, 0.3) is 10.9 Å². The quantitative estimate of drug-likeness (QED) is 0.414. The normalized spacial score (nSPS) is 11.2. The number of rotatable bonds is 7. The maximum absolute atomic E-state index is 3.52. The molecule has 0 atom stereocenters. The van der Waals surface area contributed by atoms with E-state index in [2.05, 4.69) is 82.0 Å². The van der Waals surface area contributed by atoms with Crippen LogP contribution in [0.5, 0.6) is 0 Å². The van der Waals surface area contributed by atoms with Gasteiger partial charge in [0, 0.05) is 28.6 Å². The average Bonchev–Trinajstić information content (AvgIpc) is 2.91. The number of hydrogen-bond acceptors (Lipinski definition) is 0. The van der Waals surface area contributed by atoms with E-state index in [0.29, 0.717) is 0 Å². The number of halogens is 1. The first-order chi connectivity index (χ1) is 11.3. The van der Waals surface area contributed by atoms with Crippen molar-refractivity contribution in [2.45, 2.75) is 45.6 Å². The molecule has 1 nitrogen and oxygen atoms in total. The number of benzene rings is 2. The number of fused-ring (bicyclic) bond motifs is 1. The van der Waals surface area contributed by atoms with Gasteiger partial charge in [0.25, 0.3) is 0 Å². The van der Waals surface area contributed by atoms with Crippen molar-refractivity contribution >= 4 is 26.8 Å². The highest BCUT2D eigenvalue weighted by molar-refractivity contribution is 9.10. The Morgan fingerprint density at radius 3 is 2.48 bits per heavy atom. The van der Waals surface area contributed by atoms with Crippen LogP contribution in [0.3, 0.4) is 0 Å². The minimum Gasteiger partial charge on any atom is -0.344 e. The molecule has 3 rings (SSSR count). The van der Waals surface area contributed by atoms with Gasteiger partial charge in [0.05, 0.1) is 0 Å². The molecule has 3 aromatic rings. The van der Waals surface area contributed by atoms with Crippen LogP contribution in [-0.2, 0) is 13.0 Å². The van der Waals surface area contributed by atoms with Gasteiger partial charge in [0.1, 0.15) is 0 Å². The third-order valence-corrected chi connectivity index (χ3v) is 4.96. The van der Waals surface area contributed by atoms with Crippen LogP contribution in [0, 0.1) is 0 Å². The third-order valence-electron chi connectivity index (χ3n) is 4.43. The Morgan fingerprint density at radius 2 is 1.70 bits per heavy atom. The van der Waals surface area contributed by atoms with Crippen molar-refractivity contribution in [3.05, 3.63) is 70.3 Å². The fourth-order valence-electron chi connectivity index (χ4n) is 3.19. The molecule has 0 bridgehead atoms. The van der Waals surface area contributed by atoms with Crippen molar-refractivity contribution < 1.29 is 0 Å². The molecule has 0 saturated heterocycles. The van der Waals surface area contributed by atoms with Crippen LogP contribution in [0.4, 0.5) is 0 Å². The maximum Gasteiger partial charge on any atom is 0.0482 e. The summed E-state index contributed by atoms with van der Waals surface area (Å²) in [5, 5.41) is 1.36. The predicted octanol–water partition coefficient (Wildman–Crippen LogP) is 6.57. The van der Waals surface area contributed by atoms with Gasteiger partial charge in [-0.05, 0) is 41.6 Å². The first-order valence-electron chi connectivity index (χ1n) is 8.59. The molecule has 1 aromatic heterocycles. The minimum absolute atomic E-state index is 0.996. The monoisotopic (exact) mass is 369 g/mol. The second-order valence-corrected chi connectivity index (χ2v) is 7.13. The lowest BCUT2D eigenvalue weighted by Crippen LogP contribution is -2.04. The molecule has 0 saturated carbocycles. The summed E-state index contributed by atoms with van der Waals surface area (Å²) in [5.41, 5.74) is 4.16. The van der Waals surface area contributed by atoms with Crippen LogP contribution >= 0.6 is 15.9 Å². The molecule has 23 heavy (non-hydrogen) atoms. The number of para-hydroxylation sites is 1. The number of nitrogens with zero attached hydrogens (tertiary/aromatic N) is 1. The van der Waals surface area contributed by atoms with Crippen LogP contribution in [0.1, 0.15) is 43.9 Å². The molecule has 0 aliphatic heterocycles. The van der Waals surface area contributed by atoms with Crippen molar-refractivity contribution in [2.24, 2.45) is 0 Å². The zero-order valence-electron chi connectivity index (χ0n) is 13.8. The van der Waals surface area contributed by atoms with Gasteiger partial charge >= 0.3 is 0 Å². The summed E-state index contributed by atoms with van der Waals surface area (Å²) in [6.07, 6.45) is 6.20.